The molecule has 0 N–H and O–H groups in total. The zero-order valence-electron chi connectivity index (χ0n) is 6.20. The van der Waals surface area contributed by atoms with Crippen molar-refractivity contribution < 1.29 is 35.8 Å². The van der Waals surface area contributed by atoms with Gasteiger partial charge in [-0.3, -0.25) is 0 Å². The topological polar surface area (TPSA) is 18.5 Å². The first kappa shape index (κ1) is 11.3. The summed E-state index contributed by atoms with van der Waals surface area (Å²) < 4.78 is 80.0. The van der Waals surface area contributed by atoms with Crippen molar-refractivity contribution in [1.82, 2.24) is 0 Å². The predicted octanol–water partition coefficient (Wildman–Crippen LogP) is 2.18. The Balaban J connectivity index is 3.12. The van der Waals surface area contributed by atoms with Crippen LogP contribution < -0.4 is 0 Å². The maximum Gasteiger partial charge on any atom is 0.441 e. The Morgan fingerprint density at radius 1 is 1.07 bits per heavy atom. The maximum atomic E-state index is 12.1. The first-order valence-electron chi connectivity index (χ1n) is 3.09. The highest BCUT2D eigenvalue weighted by atomic mass is 32.1. The molecule has 0 aromatic carbocycles. The average molecular weight is 240 g/mol. The van der Waals surface area contributed by atoms with Crippen molar-refractivity contribution in [2.45, 2.75) is 18.0 Å². The van der Waals surface area contributed by atoms with Gasteiger partial charge in [0.25, 0.3) is 0 Å². The zero-order chi connectivity index (χ0) is 11.2. The quantitative estimate of drug-likeness (QED) is 0.477. The zero-order valence-corrected chi connectivity index (χ0v) is 7.02. The van der Waals surface area contributed by atoms with Crippen molar-refractivity contribution in [1.29, 1.82) is 0 Å². The highest BCUT2D eigenvalue weighted by Gasteiger charge is 2.77. The highest BCUT2D eigenvalue weighted by Crippen LogP contribution is 2.48. The lowest BCUT2D eigenvalue weighted by molar-refractivity contribution is -0.353. The average Bonchev–Trinajstić information content (AvgIpc) is 2.28. The molecule has 0 aromatic heterocycles. The molecular weight excluding hydrogens is 238 g/mol. The first-order valence-corrected chi connectivity index (χ1v) is 3.50. The number of halogens is 6. The summed E-state index contributed by atoms with van der Waals surface area (Å²) in [5.41, 5.74) is -4.32. The van der Waals surface area contributed by atoms with Gasteiger partial charge in [-0.25, -0.2) is 0 Å². The van der Waals surface area contributed by atoms with Crippen LogP contribution in [0.1, 0.15) is 0 Å². The second kappa shape index (κ2) is 2.88. The van der Waals surface area contributed by atoms with Gasteiger partial charge in [-0.05, 0) is 0 Å². The Hall–Kier alpha value is -0.730. The van der Waals surface area contributed by atoms with E-state index in [2.05, 4.69) is 21.7 Å². The molecule has 1 rings (SSSR count). The van der Waals surface area contributed by atoms with Crippen LogP contribution in [0.25, 0.3) is 0 Å². The molecule has 0 spiro atoms. The molecule has 0 aromatic rings. The molecule has 0 aliphatic carbocycles. The lowest BCUT2D eigenvalue weighted by Crippen LogP contribution is -2.58. The van der Waals surface area contributed by atoms with Crippen molar-refractivity contribution in [2.75, 3.05) is 6.61 Å². The normalized spacial score (nSPS) is 21.7. The third-order valence-corrected chi connectivity index (χ3v) is 1.77. The van der Waals surface area contributed by atoms with E-state index in [0.717, 1.165) is 0 Å². The van der Waals surface area contributed by atoms with E-state index in [1.54, 1.807) is 0 Å². The molecule has 0 unspecified atom stereocenters. The largest absolute Gasteiger partial charge is 0.452 e. The van der Waals surface area contributed by atoms with Gasteiger partial charge in [0.1, 0.15) is 0 Å². The fourth-order valence-corrected chi connectivity index (χ4v) is 1.00. The molecule has 0 radical (unpaired) electrons. The van der Waals surface area contributed by atoms with Crippen molar-refractivity contribution in [3.8, 4) is 0 Å². The summed E-state index contributed by atoms with van der Waals surface area (Å²) in [6.45, 7) is -1.70. The van der Waals surface area contributed by atoms with Crippen LogP contribution in [0.2, 0.25) is 0 Å². The van der Waals surface area contributed by atoms with Crippen molar-refractivity contribution in [2.24, 2.45) is 0 Å². The third-order valence-electron chi connectivity index (χ3n) is 1.57. The predicted molar refractivity (Wildman–Crippen MR) is 34.5 cm³/mol. The van der Waals surface area contributed by atoms with Crippen LogP contribution in [0, 0.1) is 0 Å². The summed E-state index contributed by atoms with van der Waals surface area (Å²) in [6, 6.07) is 0. The molecule has 14 heavy (non-hydrogen) atoms. The molecule has 1 aliphatic rings. The Bertz CT molecular complexity index is 242. The maximum absolute atomic E-state index is 12.1. The first-order chi connectivity index (χ1) is 6.10. The molecule has 0 bridgehead atoms. The van der Waals surface area contributed by atoms with E-state index in [-0.39, 0.29) is 0 Å². The monoisotopic (exact) mass is 240 g/mol. The number of thiocarbonyl (C=S) groups is 1. The van der Waals surface area contributed by atoms with Gasteiger partial charge in [0.05, 0.1) is 0 Å². The van der Waals surface area contributed by atoms with Gasteiger partial charge in [-0.1, -0.05) is 0 Å². The SMILES string of the molecule is FC(F)(F)C1(C(F)(F)F)COC(=S)O1. The van der Waals surface area contributed by atoms with E-state index in [9.17, 15) is 26.3 Å². The Kier molecular flexibility index (Phi) is 2.33. The number of alkyl halides is 6. The molecule has 9 heteroatoms. The summed E-state index contributed by atoms with van der Waals surface area (Å²) in [5.74, 6) is 0. The van der Waals surface area contributed by atoms with E-state index in [1.165, 1.54) is 0 Å². The van der Waals surface area contributed by atoms with E-state index >= 15 is 0 Å². The Labute approximate surface area is 78.8 Å². The molecular formula is C5H2F6O2S. The Morgan fingerprint density at radius 2 is 1.50 bits per heavy atom. The van der Waals surface area contributed by atoms with Crippen LogP contribution in [-0.4, -0.2) is 29.8 Å². The van der Waals surface area contributed by atoms with Gasteiger partial charge >= 0.3 is 23.2 Å². The Morgan fingerprint density at radius 3 is 1.64 bits per heavy atom. The minimum Gasteiger partial charge on any atom is -0.452 e. The summed E-state index contributed by atoms with van der Waals surface area (Å²) in [7, 11) is 0. The fraction of sp³-hybridized carbons (Fsp3) is 0.800. The molecule has 0 saturated carbocycles. The van der Waals surface area contributed by atoms with Crippen LogP contribution in [-0.2, 0) is 9.47 Å². The lowest BCUT2D eigenvalue weighted by Gasteiger charge is -2.29. The summed E-state index contributed by atoms with van der Waals surface area (Å²) in [5, 5.41) is -1.15. The van der Waals surface area contributed by atoms with Crippen LogP contribution in [0.5, 0.6) is 0 Å². The van der Waals surface area contributed by atoms with Gasteiger partial charge in [-0.15, -0.1) is 0 Å². The van der Waals surface area contributed by atoms with Gasteiger partial charge in [0.15, 0.2) is 6.61 Å². The van der Waals surface area contributed by atoms with Crippen LogP contribution in [0.4, 0.5) is 26.3 Å². The number of rotatable bonds is 0. The van der Waals surface area contributed by atoms with Crippen LogP contribution >= 0.6 is 12.2 Å². The molecule has 0 atom stereocenters. The second-order valence-corrected chi connectivity index (χ2v) is 2.80. The van der Waals surface area contributed by atoms with Gasteiger partial charge in [-0.2, -0.15) is 26.3 Å². The number of hydrogen-bond donors (Lipinski definition) is 0. The smallest absolute Gasteiger partial charge is 0.441 e. The summed E-state index contributed by atoms with van der Waals surface area (Å²) in [6.07, 6.45) is -11.2. The number of ether oxygens (including phenoxy) is 2. The molecule has 82 valence electrons. The lowest BCUT2D eigenvalue weighted by atomic mass is 10.1. The third kappa shape index (κ3) is 1.49. The molecule has 1 fully saturated rings. The summed E-state index contributed by atoms with van der Waals surface area (Å²) >= 11 is 3.96. The van der Waals surface area contributed by atoms with Crippen molar-refractivity contribution >= 4 is 17.5 Å². The standard InChI is InChI=1S/C5H2F6O2S/c6-4(7,8)3(5(9,10)11)1-12-2(14)13-3/h1H2. The van der Waals surface area contributed by atoms with Gasteiger partial charge in [0.2, 0.25) is 0 Å². The molecule has 0 amide bonds. The van der Waals surface area contributed by atoms with Crippen LogP contribution in [0.15, 0.2) is 0 Å². The highest BCUT2D eigenvalue weighted by molar-refractivity contribution is 7.79. The molecule has 1 saturated heterocycles. The van der Waals surface area contributed by atoms with E-state index < -0.39 is 29.8 Å². The number of hydrogen-bond acceptors (Lipinski definition) is 3. The summed E-state index contributed by atoms with van der Waals surface area (Å²) in [4.78, 5) is 0. The minimum atomic E-state index is -5.62. The van der Waals surface area contributed by atoms with Crippen molar-refractivity contribution in [3.05, 3.63) is 0 Å². The molecule has 1 aliphatic heterocycles. The van der Waals surface area contributed by atoms with Crippen LogP contribution in [0.3, 0.4) is 0 Å². The minimum absolute atomic E-state index is 1.15. The second-order valence-electron chi connectivity index (χ2n) is 2.46. The van der Waals surface area contributed by atoms with Crippen molar-refractivity contribution in [3.63, 3.8) is 0 Å². The van der Waals surface area contributed by atoms with Gasteiger partial charge in [0, 0.05) is 12.2 Å². The molecule has 1 heterocycles. The van der Waals surface area contributed by atoms with Gasteiger partial charge < -0.3 is 9.47 Å². The fourth-order valence-electron chi connectivity index (χ4n) is 0.802. The van der Waals surface area contributed by atoms with E-state index in [0.29, 0.717) is 0 Å². The van der Waals surface area contributed by atoms with E-state index in [1.807, 2.05) is 0 Å². The van der Waals surface area contributed by atoms with E-state index in [4.69, 9.17) is 0 Å². The molecule has 2 nitrogen and oxygen atoms in total.